The van der Waals surface area contributed by atoms with Crippen LogP contribution >= 0.6 is 0 Å². The monoisotopic (exact) mass is 427 g/mol. The zero-order valence-electron chi connectivity index (χ0n) is 18.3. The van der Waals surface area contributed by atoms with Gasteiger partial charge in [-0.05, 0) is 63.6 Å². The Morgan fingerprint density at radius 2 is 1.87 bits per heavy atom. The summed E-state index contributed by atoms with van der Waals surface area (Å²) in [5.74, 6) is -0.906. The average Bonchev–Trinajstić information content (AvgIpc) is 3.02. The highest BCUT2D eigenvalue weighted by Crippen LogP contribution is 2.35. The highest BCUT2D eigenvalue weighted by atomic mass is 16.6. The molecule has 31 heavy (non-hydrogen) atoms. The van der Waals surface area contributed by atoms with Crippen LogP contribution < -0.4 is 5.32 Å². The molecule has 4 rings (SSSR count). The summed E-state index contributed by atoms with van der Waals surface area (Å²) in [5, 5.41) is 2.32. The molecule has 3 aliphatic rings. The van der Waals surface area contributed by atoms with E-state index in [1.165, 1.54) is 0 Å². The number of nitrogens with zero attached hydrogens (tertiary/aromatic N) is 2. The van der Waals surface area contributed by atoms with Gasteiger partial charge in [0.1, 0.15) is 11.6 Å². The molecule has 2 fully saturated rings. The van der Waals surface area contributed by atoms with Crippen LogP contribution in [0.2, 0.25) is 0 Å². The quantitative estimate of drug-likeness (QED) is 0.732. The fourth-order valence-electron chi connectivity index (χ4n) is 4.62. The summed E-state index contributed by atoms with van der Waals surface area (Å²) in [6, 6.07) is 4.94. The molecule has 8 heteroatoms. The highest BCUT2D eigenvalue weighted by molar-refractivity contribution is 6.05. The molecule has 1 aromatic rings. The third-order valence-electron chi connectivity index (χ3n) is 6.06. The van der Waals surface area contributed by atoms with E-state index in [2.05, 4.69) is 5.32 Å². The van der Waals surface area contributed by atoms with E-state index < -0.39 is 17.6 Å². The maximum absolute atomic E-state index is 12.9. The first-order valence-corrected chi connectivity index (χ1v) is 10.9. The number of carbonyl (C=O) groups is 4. The van der Waals surface area contributed by atoms with Crippen LogP contribution in [-0.2, 0) is 20.9 Å². The topological polar surface area (TPSA) is 96.0 Å². The molecule has 2 unspecified atom stereocenters. The minimum absolute atomic E-state index is 0.103. The van der Waals surface area contributed by atoms with Crippen molar-refractivity contribution >= 4 is 23.8 Å². The number of ether oxygens (including phenoxy) is 1. The van der Waals surface area contributed by atoms with E-state index in [0.29, 0.717) is 25.1 Å². The summed E-state index contributed by atoms with van der Waals surface area (Å²) in [7, 11) is 0. The van der Waals surface area contributed by atoms with Gasteiger partial charge in [-0.1, -0.05) is 12.1 Å². The largest absolute Gasteiger partial charge is 0.444 e. The van der Waals surface area contributed by atoms with Gasteiger partial charge in [-0.2, -0.15) is 0 Å². The van der Waals surface area contributed by atoms with Crippen molar-refractivity contribution in [2.24, 2.45) is 0 Å². The predicted molar refractivity (Wildman–Crippen MR) is 112 cm³/mol. The van der Waals surface area contributed by atoms with E-state index in [-0.39, 0.29) is 30.4 Å². The Hall–Kier alpha value is -2.90. The van der Waals surface area contributed by atoms with Crippen molar-refractivity contribution in [1.29, 1.82) is 0 Å². The van der Waals surface area contributed by atoms with Gasteiger partial charge in [0.15, 0.2) is 0 Å². The molecule has 0 aromatic heterocycles. The summed E-state index contributed by atoms with van der Waals surface area (Å²) >= 11 is 0. The molecule has 3 heterocycles. The lowest BCUT2D eigenvalue weighted by atomic mass is 9.93. The molecule has 1 aromatic carbocycles. The average molecular weight is 428 g/mol. The maximum Gasteiger partial charge on any atom is 0.410 e. The van der Waals surface area contributed by atoms with E-state index in [4.69, 9.17) is 4.74 Å². The number of hydrogen-bond donors (Lipinski definition) is 1. The van der Waals surface area contributed by atoms with Crippen molar-refractivity contribution in [3.63, 3.8) is 0 Å². The lowest BCUT2D eigenvalue weighted by Gasteiger charge is -2.37. The van der Waals surface area contributed by atoms with Crippen LogP contribution in [0, 0.1) is 0 Å². The first kappa shape index (κ1) is 21.3. The summed E-state index contributed by atoms with van der Waals surface area (Å²) in [4.78, 5) is 52.7. The van der Waals surface area contributed by atoms with Gasteiger partial charge in [-0.15, -0.1) is 0 Å². The first-order chi connectivity index (χ1) is 14.6. The fraction of sp³-hybridized carbons (Fsp3) is 0.565. The predicted octanol–water partition coefficient (Wildman–Crippen LogP) is 2.91. The normalized spacial score (nSPS) is 24.2. The summed E-state index contributed by atoms with van der Waals surface area (Å²) in [6.45, 7) is 6.53. The molecular weight excluding hydrogens is 398 g/mol. The Morgan fingerprint density at radius 1 is 1.10 bits per heavy atom. The lowest BCUT2D eigenvalue weighted by molar-refractivity contribution is -0.136. The van der Waals surface area contributed by atoms with Crippen LogP contribution in [0.15, 0.2) is 18.2 Å². The van der Waals surface area contributed by atoms with Gasteiger partial charge in [0.2, 0.25) is 11.8 Å². The SMILES string of the molecule is CC(C)(C)OC(=O)N1CCCCC1c1ccc2c(c1)CN(C1CCC(=O)NC1=O)C2=O. The Kier molecular flexibility index (Phi) is 5.49. The molecule has 3 aliphatic heterocycles. The molecular formula is C23H29N3O5. The smallest absolute Gasteiger partial charge is 0.410 e. The third kappa shape index (κ3) is 4.29. The molecule has 0 aliphatic carbocycles. The Bertz CT molecular complexity index is 936. The zero-order chi connectivity index (χ0) is 22.3. The number of rotatable bonds is 2. The fourth-order valence-corrected chi connectivity index (χ4v) is 4.62. The van der Waals surface area contributed by atoms with Crippen molar-refractivity contribution in [1.82, 2.24) is 15.1 Å². The number of nitrogens with one attached hydrogen (secondary N) is 1. The van der Waals surface area contributed by atoms with Gasteiger partial charge >= 0.3 is 6.09 Å². The van der Waals surface area contributed by atoms with Crippen LogP contribution in [0.25, 0.3) is 0 Å². The van der Waals surface area contributed by atoms with E-state index in [9.17, 15) is 19.2 Å². The van der Waals surface area contributed by atoms with Gasteiger partial charge in [-0.25, -0.2) is 4.79 Å². The summed E-state index contributed by atoms with van der Waals surface area (Å²) in [5.41, 5.74) is 1.84. The number of fused-ring (bicyclic) bond motifs is 1. The second kappa shape index (κ2) is 7.98. The highest BCUT2D eigenvalue weighted by Gasteiger charge is 2.40. The molecule has 1 N–H and O–H groups in total. The van der Waals surface area contributed by atoms with Gasteiger partial charge < -0.3 is 14.5 Å². The number of hydrogen-bond acceptors (Lipinski definition) is 5. The van der Waals surface area contributed by atoms with Gasteiger partial charge in [-0.3, -0.25) is 19.7 Å². The lowest BCUT2D eigenvalue weighted by Crippen LogP contribution is -2.52. The molecule has 8 nitrogen and oxygen atoms in total. The molecule has 0 spiro atoms. The van der Waals surface area contributed by atoms with E-state index in [1.807, 2.05) is 32.9 Å². The Balaban J connectivity index is 1.55. The molecule has 0 radical (unpaired) electrons. The van der Waals surface area contributed by atoms with Crippen molar-refractivity contribution in [2.45, 2.75) is 77.1 Å². The molecule has 4 amide bonds. The number of carbonyl (C=O) groups excluding carboxylic acids is 4. The number of piperidine rings is 2. The Labute approximate surface area is 181 Å². The van der Waals surface area contributed by atoms with Crippen molar-refractivity contribution in [3.05, 3.63) is 34.9 Å². The minimum atomic E-state index is -0.631. The van der Waals surface area contributed by atoms with Crippen LogP contribution in [0.1, 0.15) is 80.4 Å². The van der Waals surface area contributed by atoms with Gasteiger partial charge in [0.05, 0.1) is 6.04 Å². The molecule has 2 saturated heterocycles. The van der Waals surface area contributed by atoms with Crippen LogP contribution in [0.4, 0.5) is 4.79 Å². The zero-order valence-corrected chi connectivity index (χ0v) is 18.3. The number of likely N-dealkylation sites (tertiary alicyclic amines) is 1. The summed E-state index contributed by atoms with van der Waals surface area (Å²) in [6.07, 6.45) is 3.04. The van der Waals surface area contributed by atoms with Crippen molar-refractivity contribution in [3.8, 4) is 0 Å². The molecule has 0 saturated carbocycles. The Morgan fingerprint density at radius 3 is 2.58 bits per heavy atom. The van der Waals surface area contributed by atoms with Gasteiger partial charge in [0.25, 0.3) is 5.91 Å². The van der Waals surface area contributed by atoms with Crippen LogP contribution in [-0.4, -0.2) is 51.8 Å². The molecule has 166 valence electrons. The maximum atomic E-state index is 12.9. The van der Waals surface area contributed by atoms with E-state index >= 15 is 0 Å². The number of amides is 4. The second-order valence-electron chi connectivity index (χ2n) is 9.50. The second-order valence-corrected chi connectivity index (χ2v) is 9.50. The first-order valence-electron chi connectivity index (χ1n) is 10.9. The van der Waals surface area contributed by atoms with Crippen LogP contribution in [0.3, 0.4) is 0 Å². The van der Waals surface area contributed by atoms with Crippen molar-refractivity contribution < 1.29 is 23.9 Å². The van der Waals surface area contributed by atoms with Crippen LogP contribution in [0.5, 0.6) is 0 Å². The standard InChI is InChI=1S/C23H29N3O5/c1-23(2,3)31-22(30)25-11-5-4-6-17(25)14-7-8-16-15(12-14)13-26(21(16)29)18-9-10-19(27)24-20(18)28/h7-8,12,17-18H,4-6,9-11,13H2,1-3H3,(H,24,27,28). The number of imide groups is 1. The summed E-state index contributed by atoms with van der Waals surface area (Å²) < 4.78 is 5.61. The number of benzene rings is 1. The molecule has 2 atom stereocenters. The van der Waals surface area contributed by atoms with E-state index in [0.717, 1.165) is 30.4 Å². The van der Waals surface area contributed by atoms with Gasteiger partial charge in [0, 0.05) is 25.1 Å². The van der Waals surface area contributed by atoms with Crippen molar-refractivity contribution in [2.75, 3.05) is 6.54 Å². The van der Waals surface area contributed by atoms with E-state index in [1.54, 1.807) is 15.9 Å². The molecule has 0 bridgehead atoms. The minimum Gasteiger partial charge on any atom is -0.444 e. The third-order valence-corrected chi connectivity index (χ3v) is 6.06.